The first-order valence-corrected chi connectivity index (χ1v) is 9.86. The minimum absolute atomic E-state index is 0.115. The van der Waals surface area contributed by atoms with Crippen LogP contribution in [-0.4, -0.2) is 78.5 Å². The molecule has 0 atom stereocenters. The molecule has 0 fully saturated rings. The number of thioether (sulfide) groups is 1. The summed E-state index contributed by atoms with van der Waals surface area (Å²) in [5.74, 6) is 0.234. The van der Waals surface area contributed by atoms with Crippen LogP contribution in [0.25, 0.3) is 0 Å². The maximum atomic E-state index is 11.6. The number of aliphatic hydroxyl groups is 2. The summed E-state index contributed by atoms with van der Waals surface area (Å²) in [6.07, 6.45) is 0.245. The van der Waals surface area contributed by atoms with Gasteiger partial charge in [-0.05, 0) is 54.1 Å². The summed E-state index contributed by atoms with van der Waals surface area (Å²) < 4.78 is 11.7. The van der Waals surface area contributed by atoms with E-state index in [0.29, 0.717) is 26.2 Å². The molecule has 0 spiro atoms. The van der Waals surface area contributed by atoms with Gasteiger partial charge in [0.2, 0.25) is 5.91 Å². The number of ether oxygens (including phenoxy) is 2. The van der Waals surface area contributed by atoms with Crippen LogP contribution in [0.3, 0.4) is 0 Å². The number of carbonyl (C=O) groups is 1. The quantitative estimate of drug-likeness (QED) is 0.246. The van der Waals surface area contributed by atoms with Gasteiger partial charge in [0.05, 0.1) is 30.2 Å². The Morgan fingerprint density at radius 1 is 1.04 bits per heavy atom. The van der Waals surface area contributed by atoms with Gasteiger partial charge in [-0.1, -0.05) is 0 Å². The van der Waals surface area contributed by atoms with Crippen molar-refractivity contribution in [1.29, 1.82) is 0 Å². The van der Waals surface area contributed by atoms with Crippen molar-refractivity contribution >= 4 is 17.7 Å². The van der Waals surface area contributed by atoms with Crippen molar-refractivity contribution in [3.63, 3.8) is 0 Å². The molecule has 0 aromatic rings. The minimum Gasteiger partial charge on any atom is -0.373 e. The minimum atomic E-state index is -1.38. The van der Waals surface area contributed by atoms with E-state index >= 15 is 0 Å². The Bertz CT molecular complexity index is 365. The molecule has 0 saturated heterocycles. The Kier molecular flexibility index (Phi) is 12.7. The van der Waals surface area contributed by atoms with Crippen molar-refractivity contribution in [1.82, 2.24) is 10.6 Å². The summed E-state index contributed by atoms with van der Waals surface area (Å²) in [6.45, 7) is 10.6. The molecule has 25 heavy (non-hydrogen) atoms. The van der Waals surface area contributed by atoms with E-state index in [1.54, 1.807) is 0 Å². The van der Waals surface area contributed by atoms with Crippen LogP contribution in [0.4, 0.5) is 0 Å². The molecule has 0 aliphatic carbocycles. The molecule has 4 N–H and O–H groups in total. The first-order valence-electron chi connectivity index (χ1n) is 8.71. The van der Waals surface area contributed by atoms with Gasteiger partial charge in [0.1, 0.15) is 0 Å². The van der Waals surface area contributed by atoms with E-state index in [2.05, 4.69) is 24.5 Å². The third-order valence-electron chi connectivity index (χ3n) is 3.60. The first-order chi connectivity index (χ1) is 11.6. The molecule has 0 rings (SSSR count). The fourth-order valence-electron chi connectivity index (χ4n) is 2.02. The summed E-state index contributed by atoms with van der Waals surface area (Å²) in [6, 6.07) is 0. The number of nitrogens with one attached hydrogen (secondary N) is 2. The van der Waals surface area contributed by atoms with Crippen molar-refractivity contribution in [2.75, 3.05) is 44.9 Å². The molecule has 8 heteroatoms. The lowest BCUT2D eigenvalue weighted by Crippen LogP contribution is -2.35. The second-order valence-corrected chi connectivity index (χ2v) is 8.20. The van der Waals surface area contributed by atoms with Gasteiger partial charge in [0.15, 0.2) is 6.29 Å². The predicted octanol–water partition coefficient (Wildman–Crippen LogP) is 0.737. The Hall–Kier alpha value is -0.380. The highest BCUT2D eigenvalue weighted by Crippen LogP contribution is 2.16. The maximum Gasteiger partial charge on any atom is 0.229 e. The Morgan fingerprint density at radius 3 is 2.04 bits per heavy atom. The number of hydrogen-bond acceptors (Lipinski definition) is 7. The number of aliphatic hydroxyl groups excluding tert-OH is 1. The van der Waals surface area contributed by atoms with E-state index < -0.39 is 6.29 Å². The van der Waals surface area contributed by atoms with Gasteiger partial charge in [-0.15, -0.1) is 11.8 Å². The molecule has 0 radical (unpaired) electrons. The van der Waals surface area contributed by atoms with Gasteiger partial charge in [-0.2, -0.15) is 0 Å². The van der Waals surface area contributed by atoms with Crippen LogP contribution in [0.1, 0.15) is 40.5 Å². The summed E-state index contributed by atoms with van der Waals surface area (Å²) in [4.78, 5) is 11.6. The highest BCUT2D eigenvalue weighted by molar-refractivity contribution is 7.99. The van der Waals surface area contributed by atoms with Crippen LogP contribution < -0.4 is 10.6 Å². The third kappa shape index (κ3) is 15.6. The third-order valence-corrected chi connectivity index (χ3v) is 4.60. The molecule has 150 valence electrons. The molecule has 0 aromatic heterocycles. The van der Waals surface area contributed by atoms with Crippen molar-refractivity contribution < 1.29 is 24.5 Å². The molecular formula is C17H36N2O5S. The van der Waals surface area contributed by atoms with Crippen molar-refractivity contribution in [2.45, 2.75) is 58.0 Å². The van der Waals surface area contributed by atoms with Gasteiger partial charge in [-0.25, -0.2) is 0 Å². The van der Waals surface area contributed by atoms with E-state index in [4.69, 9.17) is 19.7 Å². The topological polar surface area (TPSA) is 100 Å². The van der Waals surface area contributed by atoms with E-state index in [0.717, 1.165) is 13.0 Å². The molecule has 1 amide bonds. The monoisotopic (exact) mass is 380 g/mol. The smallest absolute Gasteiger partial charge is 0.229 e. The molecule has 0 aromatic carbocycles. The van der Waals surface area contributed by atoms with Gasteiger partial charge in [0, 0.05) is 12.3 Å². The predicted molar refractivity (Wildman–Crippen MR) is 102 cm³/mol. The Labute approximate surface area is 156 Å². The van der Waals surface area contributed by atoms with Crippen molar-refractivity contribution in [3.05, 3.63) is 0 Å². The van der Waals surface area contributed by atoms with Gasteiger partial charge >= 0.3 is 0 Å². The highest BCUT2D eigenvalue weighted by Gasteiger charge is 2.20. The summed E-state index contributed by atoms with van der Waals surface area (Å²) >= 11 is 1.19. The Morgan fingerprint density at radius 2 is 1.56 bits per heavy atom. The molecule has 0 saturated carbocycles. The van der Waals surface area contributed by atoms with Crippen LogP contribution in [-0.2, 0) is 14.3 Å². The van der Waals surface area contributed by atoms with E-state index in [1.807, 2.05) is 20.9 Å². The standard InChI is InChI=1S/C17H36N2O5S/c1-16(2,6-8-18-5)23-10-11-24-17(3,4)7-9-19-14(20)12-25-13-15(21)22/h15,18,21-22H,6-13H2,1-5H3,(H,19,20). The summed E-state index contributed by atoms with van der Waals surface area (Å²) in [7, 11) is 1.93. The molecule has 0 heterocycles. The summed E-state index contributed by atoms with van der Waals surface area (Å²) in [5.41, 5.74) is -0.523. The van der Waals surface area contributed by atoms with Crippen LogP contribution in [0.2, 0.25) is 0 Å². The number of hydrogen-bond donors (Lipinski definition) is 4. The zero-order valence-corrected chi connectivity index (χ0v) is 17.1. The van der Waals surface area contributed by atoms with E-state index in [1.165, 1.54) is 11.8 Å². The summed E-state index contributed by atoms with van der Waals surface area (Å²) in [5, 5.41) is 23.4. The van der Waals surface area contributed by atoms with Crippen molar-refractivity contribution in [2.24, 2.45) is 0 Å². The normalized spacial score (nSPS) is 12.6. The Balaban J connectivity index is 3.81. The average Bonchev–Trinajstić information content (AvgIpc) is 2.49. The molecular weight excluding hydrogens is 344 g/mol. The van der Waals surface area contributed by atoms with Crippen molar-refractivity contribution in [3.8, 4) is 0 Å². The largest absolute Gasteiger partial charge is 0.373 e. The molecule has 0 aliphatic heterocycles. The van der Waals surface area contributed by atoms with E-state index in [-0.39, 0.29) is 28.6 Å². The maximum absolute atomic E-state index is 11.6. The fraction of sp³-hybridized carbons (Fsp3) is 0.941. The lowest BCUT2D eigenvalue weighted by atomic mass is 10.1. The highest BCUT2D eigenvalue weighted by atomic mass is 32.2. The number of carbonyl (C=O) groups excluding carboxylic acids is 1. The van der Waals surface area contributed by atoms with Gasteiger partial charge < -0.3 is 30.3 Å². The molecule has 7 nitrogen and oxygen atoms in total. The fourth-order valence-corrected chi connectivity index (χ4v) is 2.63. The number of amides is 1. The molecule has 0 aliphatic rings. The SMILES string of the molecule is CNCCC(C)(C)OCCOC(C)(C)CCNC(=O)CSCC(O)O. The van der Waals surface area contributed by atoms with E-state index in [9.17, 15) is 4.79 Å². The second-order valence-electron chi connectivity index (χ2n) is 7.17. The lowest BCUT2D eigenvalue weighted by molar-refractivity contribution is -0.119. The van der Waals surface area contributed by atoms with Crippen LogP contribution in [0.15, 0.2) is 0 Å². The number of rotatable bonds is 15. The molecule has 0 unspecified atom stereocenters. The molecule has 0 bridgehead atoms. The first kappa shape index (κ1) is 24.6. The average molecular weight is 381 g/mol. The zero-order chi connectivity index (χ0) is 19.3. The van der Waals surface area contributed by atoms with Gasteiger partial charge in [-0.3, -0.25) is 4.79 Å². The lowest BCUT2D eigenvalue weighted by Gasteiger charge is -2.28. The van der Waals surface area contributed by atoms with Crippen LogP contribution in [0.5, 0.6) is 0 Å². The van der Waals surface area contributed by atoms with Gasteiger partial charge in [0.25, 0.3) is 0 Å². The van der Waals surface area contributed by atoms with Crippen LogP contribution >= 0.6 is 11.8 Å². The second kappa shape index (κ2) is 12.9. The zero-order valence-electron chi connectivity index (χ0n) is 16.3. The van der Waals surface area contributed by atoms with Crippen LogP contribution in [0, 0.1) is 0 Å².